The Kier molecular flexibility index (Phi) is 9.58. The zero-order valence-corrected chi connectivity index (χ0v) is 25.0. The molecule has 4 N–H and O–H groups in total. The van der Waals surface area contributed by atoms with Gasteiger partial charge in [0.05, 0.1) is 16.9 Å². The van der Waals surface area contributed by atoms with Gasteiger partial charge in [0, 0.05) is 59.6 Å². The lowest BCUT2D eigenvalue weighted by molar-refractivity contribution is -0.111. The van der Waals surface area contributed by atoms with Gasteiger partial charge >= 0.3 is 6.09 Å². The summed E-state index contributed by atoms with van der Waals surface area (Å²) < 4.78 is 0. The Morgan fingerprint density at radius 2 is 1.93 bits per heavy atom. The van der Waals surface area contributed by atoms with Gasteiger partial charge in [-0.25, -0.2) is 14.8 Å². The van der Waals surface area contributed by atoms with Crippen molar-refractivity contribution in [3.05, 3.63) is 83.7 Å². The molecule has 0 spiro atoms. The van der Waals surface area contributed by atoms with Gasteiger partial charge in [-0.1, -0.05) is 48.0 Å². The number of rotatable bonds is 10. The fourth-order valence-electron chi connectivity index (χ4n) is 5.45. The van der Waals surface area contributed by atoms with Crippen LogP contribution in [0.15, 0.2) is 73.1 Å². The summed E-state index contributed by atoms with van der Waals surface area (Å²) in [6.45, 7) is 0.930. The maximum Gasteiger partial charge on any atom is 0.407 e. The van der Waals surface area contributed by atoms with Gasteiger partial charge in [0.25, 0.3) is 0 Å². The first kappa shape index (κ1) is 30.1. The number of amides is 2. The monoisotopic (exact) mass is 601 g/mol. The third-order valence-corrected chi connectivity index (χ3v) is 7.85. The Bertz CT molecular complexity index is 1600. The van der Waals surface area contributed by atoms with E-state index in [0.717, 1.165) is 41.3 Å². The number of carbonyl (C=O) groups excluding carboxylic acids is 1. The van der Waals surface area contributed by atoms with E-state index < -0.39 is 6.09 Å². The highest BCUT2D eigenvalue weighted by molar-refractivity contribution is 6.33. The second kappa shape index (κ2) is 13.7. The molecule has 2 aromatic heterocycles. The van der Waals surface area contributed by atoms with E-state index in [1.807, 2.05) is 61.6 Å². The number of nitrogens with zero attached hydrogens (tertiary/aromatic N) is 4. The van der Waals surface area contributed by atoms with Crippen molar-refractivity contribution < 1.29 is 14.7 Å². The minimum Gasteiger partial charge on any atom is -0.465 e. The summed E-state index contributed by atoms with van der Waals surface area (Å²) in [5.41, 5.74) is 4.04. The lowest BCUT2D eigenvalue weighted by Gasteiger charge is -2.36. The van der Waals surface area contributed by atoms with Gasteiger partial charge in [-0.2, -0.15) is 0 Å². The molecule has 0 radical (unpaired) electrons. The number of carboxylic acid groups (broad SMARTS) is 1. The van der Waals surface area contributed by atoms with E-state index in [2.05, 4.69) is 20.6 Å². The number of halogens is 1. The van der Waals surface area contributed by atoms with Crippen LogP contribution in [0.5, 0.6) is 0 Å². The number of aromatic nitrogens is 3. The van der Waals surface area contributed by atoms with Crippen molar-refractivity contribution in [1.29, 1.82) is 0 Å². The highest BCUT2D eigenvalue weighted by Crippen LogP contribution is 2.33. The quantitative estimate of drug-likeness (QED) is 0.159. The van der Waals surface area contributed by atoms with E-state index in [0.29, 0.717) is 35.3 Å². The Hall–Kier alpha value is -4.41. The number of benzene rings is 2. The molecular weight excluding hydrogens is 566 g/mol. The third-order valence-electron chi connectivity index (χ3n) is 7.57. The van der Waals surface area contributed by atoms with E-state index in [9.17, 15) is 14.7 Å². The largest absolute Gasteiger partial charge is 0.465 e. The summed E-state index contributed by atoms with van der Waals surface area (Å²) >= 11 is 6.51. The van der Waals surface area contributed by atoms with E-state index in [4.69, 9.17) is 16.6 Å². The van der Waals surface area contributed by atoms with Crippen LogP contribution in [0.25, 0.3) is 22.2 Å². The summed E-state index contributed by atoms with van der Waals surface area (Å²) in [5, 5.41) is 17.9. The zero-order valence-electron chi connectivity index (χ0n) is 24.3. The van der Waals surface area contributed by atoms with E-state index in [1.54, 1.807) is 24.4 Å². The number of fused-ring (bicyclic) bond motifs is 1. The molecule has 2 amide bonds. The molecule has 0 saturated heterocycles. The normalized spacial score (nSPS) is 16.9. The average molecular weight is 602 g/mol. The van der Waals surface area contributed by atoms with E-state index in [-0.39, 0.29) is 24.5 Å². The molecule has 224 valence electrons. The first-order valence-electron chi connectivity index (χ1n) is 14.3. The Morgan fingerprint density at radius 3 is 2.70 bits per heavy atom. The number of hydrogen-bond acceptors (Lipinski definition) is 6. The summed E-state index contributed by atoms with van der Waals surface area (Å²) in [4.78, 5) is 40.4. The van der Waals surface area contributed by atoms with Crippen LogP contribution in [0.1, 0.15) is 31.2 Å². The molecular formula is C32H36ClN7O3. The number of anilines is 2. The van der Waals surface area contributed by atoms with Gasteiger partial charge in [-0.3, -0.25) is 4.79 Å². The molecule has 0 bridgehead atoms. The number of likely N-dealkylation sites (N-methyl/N-ethyl adjacent to an activating group) is 1. The van der Waals surface area contributed by atoms with Crippen LogP contribution < -0.4 is 10.6 Å². The van der Waals surface area contributed by atoms with Gasteiger partial charge in [0.15, 0.2) is 0 Å². The molecule has 2 atom stereocenters. The van der Waals surface area contributed by atoms with E-state index in [1.165, 1.54) is 11.0 Å². The fourth-order valence-corrected chi connectivity index (χ4v) is 5.64. The number of hydrogen-bond donors (Lipinski definition) is 4. The topological polar surface area (TPSA) is 126 Å². The first-order chi connectivity index (χ1) is 20.8. The Morgan fingerprint density at radius 1 is 1.14 bits per heavy atom. The molecule has 1 aliphatic rings. The molecule has 0 aliphatic heterocycles. The van der Waals surface area contributed by atoms with Gasteiger partial charge in [0.1, 0.15) is 0 Å². The molecule has 2 heterocycles. The Labute approximate surface area is 255 Å². The van der Waals surface area contributed by atoms with Crippen molar-refractivity contribution >= 4 is 46.1 Å². The molecule has 1 fully saturated rings. The van der Waals surface area contributed by atoms with Crippen molar-refractivity contribution in [2.45, 2.75) is 44.3 Å². The van der Waals surface area contributed by atoms with Crippen LogP contribution in [0.2, 0.25) is 5.02 Å². The highest BCUT2D eigenvalue weighted by atomic mass is 35.5. The molecule has 0 unspecified atom stereocenters. The lowest BCUT2D eigenvalue weighted by Crippen LogP contribution is -2.44. The number of carbonyl (C=O) groups is 2. The second-order valence-electron chi connectivity index (χ2n) is 11.1. The number of H-pyrrole nitrogens is 1. The summed E-state index contributed by atoms with van der Waals surface area (Å²) in [5.74, 6) is 0.257. The molecule has 4 aromatic rings. The summed E-state index contributed by atoms with van der Waals surface area (Å²) in [7, 11) is 3.86. The maximum absolute atomic E-state index is 12.3. The van der Waals surface area contributed by atoms with Crippen LogP contribution in [-0.4, -0.2) is 74.6 Å². The molecule has 2 aromatic carbocycles. The first-order valence-corrected chi connectivity index (χ1v) is 14.7. The molecule has 43 heavy (non-hydrogen) atoms. The van der Waals surface area contributed by atoms with Crippen molar-refractivity contribution in [2.75, 3.05) is 31.3 Å². The predicted molar refractivity (Wildman–Crippen MR) is 170 cm³/mol. The summed E-state index contributed by atoms with van der Waals surface area (Å²) in [6, 6.07) is 15.1. The van der Waals surface area contributed by atoms with Crippen LogP contribution >= 0.6 is 11.6 Å². The Balaban J connectivity index is 1.22. The number of nitrogens with one attached hydrogen (secondary N) is 3. The van der Waals surface area contributed by atoms with Crippen LogP contribution in [0.3, 0.4) is 0 Å². The van der Waals surface area contributed by atoms with Gasteiger partial charge in [0.2, 0.25) is 11.9 Å². The molecule has 5 rings (SSSR count). The average Bonchev–Trinajstić information content (AvgIpc) is 3.41. The number of aromatic amines is 1. The standard InChI is InChI=1S/C32H36ClN7O3/c1-39(2)16-6-11-29(41)36-22-14-12-21(13-15-22)20-40(32(42)43)24-8-5-7-23(17-24)37-31-35-19-27(33)30(38-31)26-18-34-28-10-4-3-9-25(26)28/h3-4,6,9-15,18-19,23-24,34H,5,7-8,16-17,20H2,1-2H3,(H,36,41)(H,42,43)(H,35,37,38)/t23-,24+/m1/s1. The molecule has 1 saturated carbocycles. The fraction of sp³-hybridized carbons (Fsp3) is 0.312. The highest BCUT2D eigenvalue weighted by Gasteiger charge is 2.30. The van der Waals surface area contributed by atoms with Gasteiger partial charge in [-0.15, -0.1) is 0 Å². The van der Waals surface area contributed by atoms with Gasteiger partial charge in [-0.05, 0) is 63.5 Å². The van der Waals surface area contributed by atoms with Crippen LogP contribution in [0.4, 0.5) is 16.4 Å². The third kappa shape index (κ3) is 7.71. The molecule has 11 heteroatoms. The lowest BCUT2D eigenvalue weighted by atomic mass is 9.90. The zero-order chi connectivity index (χ0) is 30.3. The SMILES string of the molecule is CN(C)CC=CC(=O)Nc1ccc(CN(C(=O)O)[C@H]2CCC[C@@H](Nc3ncc(Cl)c(-c4c[nH]c5ccccc45)n3)C2)cc1. The van der Waals surface area contributed by atoms with E-state index >= 15 is 0 Å². The van der Waals surface area contributed by atoms with Crippen molar-refractivity contribution in [3.8, 4) is 11.3 Å². The minimum atomic E-state index is -0.960. The molecule has 1 aliphatic carbocycles. The van der Waals surface area contributed by atoms with Crippen molar-refractivity contribution in [2.24, 2.45) is 0 Å². The van der Waals surface area contributed by atoms with Crippen LogP contribution in [0, 0.1) is 0 Å². The van der Waals surface area contributed by atoms with Gasteiger partial charge < -0.3 is 30.5 Å². The van der Waals surface area contributed by atoms with Crippen molar-refractivity contribution in [1.82, 2.24) is 24.8 Å². The maximum atomic E-state index is 12.3. The summed E-state index contributed by atoms with van der Waals surface area (Å²) in [6.07, 6.45) is 9.01. The van der Waals surface area contributed by atoms with Crippen molar-refractivity contribution in [3.63, 3.8) is 0 Å². The number of para-hydroxylation sites is 1. The smallest absolute Gasteiger partial charge is 0.407 e. The second-order valence-corrected chi connectivity index (χ2v) is 11.5. The minimum absolute atomic E-state index is 0.00994. The molecule has 10 nitrogen and oxygen atoms in total. The predicted octanol–water partition coefficient (Wildman–Crippen LogP) is 6.24. The van der Waals surface area contributed by atoms with Crippen LogP contribution in [-0.2, 0) is 11.3 Å².